The van der Waals surface area contributed by atoms with Crippen molar-refractivity contribution in [2.24, 2.45) is 10.9 Å². The quantitative estimate of drug-likeness (QED) is 0.320. The van der Waals surface area contributed by atoms with Crippen LogP contribution in [0.1, 0.15) is 17.5 Å². The van der Waals surface area contributed by atoms with E-state index in [-0.39, 0.29) is 5.69 Å². The van der Waals surface area contributed by atoms with Crippen LogP contribution in [0.25, 0.3) is 0 Å². The van der Waals surface area contributed by atoms with Crippen molar-refractivity contribution >= 4 is 23.2 Å². The number of guanidine groups is 1. The van der Waals surface area contributed by atoms with Crippen LogP contribution < -0.4 is 10.6 Å². The summed E-state index contributed by atoms with van der Waals surface area (Å²) in [5.74, 6) is 1.16. The van der Waals surface area contributed by atoms with Gasteiger partial charge >= 0.3 is 0 Å². The van der Waals surface area contributed by atoms with Crippen molar-refractivity contribution in [1.82, 2.24) is 10.6 Å². The van der Waals surface area contributed by atoms with E-state index in [2.05, 4.69) is 15.6 Å². The number of halogens is 1. The highest BCUT2D eigenvalue weighted by Crippen LogP contribution is 2.13. The van der Waals surface area contributed by atoms with Gasteiger partial charge in [-0.25, -0.2) is 4.99 Å². The van der Waals surface area contributed by atoms with E-state index < -0.39 is 4.92 Å². The largest absolute Gasteiger partial charge is 0.381 e. The van der Waals surface area contributed by atoms with Crippen molar-refractivity contribution in [3.8, 4) is 0 Å². The highest BCUT2D eigenvalue weighted by Gasteiger charge is 2.15. The molecule has 0 spiro atoms. The van der Waals surface area contributed by atoms with Crippen molar-refractivity contribution in [2.75, 3.05) is 19.8 Å². The minimum Gasteiger partial charge on any atom is -0.381 e. The zero-order valence-electron chi connectivity index (χ0n) is 15.4. The summed E-state index contributed by atoms with van der Waals surface area (Å²) < 4.78 is 5.42. The highest BCUT2D eigenvalue weighted by atomic mass is 35.5. The molecule has 0 aliphatic carbocycles. The lowest BCUT2D eigenvalue weighted by molar-refractivity contribution is -0.384. The van der Waals surface area contributed by atoms with E-state index in [0.29, 0.717) is 30.0 Å². The van der Waals surface area contributed by atoms with Gasteiger partial charge < -0.3 is 15.4 Å². The lowest BCUT2D eigenvalue weighted by Gasteiger charge is -2.15. The Morgan fingerprint density at radius 2 is 2.04 bits per heavy atom. The Hall–Kier alpha value is -2.64. The molecule has 0 amide bonds. The highest BCUT2D eigenvalue weighted by molar-refractivity contribution is 6.30. The molecular weight excluding hydrogens is 380 g/mol. The van der Waals surface area contributed by atoms with Crippen molar-refractivity contribution in [2.45, 2.75) is 19.5 Å². The minimum atomic E-state index is -0.402. The Labute approximate surface area is 168 Å². The lowest BCUT2D eigenvalue weighted by atomic mass is 10.1. The molecule has 1 atom stereocenters. The molecule has 3 rings (SSSR count). The number of ether oxygens (including phenoxy) is 1. The first-order valence-corrected chi connectivity index (χ1v) is 9.55. The number of hydrogen-bond acceptors (Lipinski definition) is 4. The van der Waals surface area contributed by atoms with E-state index in [9.17, 15) is 10.1 Å². The molecule has 0 saturated carbocycles. The first-order valence-electron chi connectivity index (χ1n) is 9.18. The minimum absolute atomic E-state index is 0.0814. The number of non-ortho nitro benzene ring substituents is 1. The fourth-order valence-electron chi connectivity index (χ4n) is 2.89. The Morgan fingerprint density at radius 3 is 2.71 bits per heavy atom. The van der Waals surface area contributed by atoms with Crippen molar-refractivity contribution in [3.63, 3.8) is 0 Å². The van der Waals surface area contributed by atoms with E-state index >= 15 is 0 Å². The molecule has 28 heavy (non-hydrogen) atoms. The summed E-state index contributed by atoms with van der Waals surface area (Å²) in [7, 11) is 0. The smallest absolute Gasteiger partial charge is 0.269 e. The fourth-order valence-corrected chi connectivity index (χ4v) is 3.10. The van der Waals surface area contributed by atoms with Gasteiger partial charge in [0.05, 0.1) is 18.1 Å². The van der Waals surface area contributed by atoms with Gasteiger partial charge in [-0.3, -0.25) is 10.1 Å². The standard InChI is InChI=1S/C20H23ClN4O3/c21-18-3-1-2-16(10-18)12-23-20(24-13-17-8-9-28-14-17)22-11-15-4-6-19(7-5-15)25(26)27/h1-7,10,17H,8-9,11-14H2,(H2,22,23,24). The molecule has 1 saturated heterocycles. The second-order valence-corrected chi connectivity index (χ2v) is 7.12. The first kappa shape index (κ1) is 20.1. The van der Waals surface area contributed by atoms with Crippen molar-refractivity contribution in [1.29, 1.82) is 0 Å². The van der Waals surface area contributed by atoms with Crippen LogP contribution in [0, 0.1) is 16.0 Å². The van der Waals surface area contributed by atoms with Gasteiger partial charge in [0.15, 0.2) is 5.96 Å². The zero-order chi connectivity index (χ0) is 19.8. The van der Waals surface area contributed by atoms with E-state index in [1.807, 2.05) is 24.3 Å². The molecule has 148 valence electrons. The molecule has 1 fully saturated rings. The number of nitrogens with zero attached hydrogens (tertiary/aromatic N) is 2. The second kappa shape index (κ2) is 10.1. The van der Waals surface area contributed by atoms with Crippen LogP contribution in [0.15, 0.2) is 53.5 Å². The van der Waals surface area contributed by atoms with Gasteiger partial charge in [-0.1, -0.05) is 35.9 Å². The average Bonchev–Trinajstić information content (AvgIpc) is 3.21. The first-order chi connectivity index (χ1) is 13.6. The van der Waals surface area contributed by atoms with Gasteiger partial charge in [0.2, 0.25) is 0 Å². The summed E-state index contributed by atoms with van der Waals surface area (Å²) in [4.78, 5) is 15.0. The molecule has 0 bridgehead atoms. The molecule has 2 aromatic carbocycles. The molecule has 8 heteroatoms. The predicted molar refractivity (Wildman–Crippen MR) is 109 cm³/mol. The third-order valence-electron chi connectivity index (χ3n) is 4.50. The summed E-state index contributed by atoms with van der Waals surface area (Å²) in [6, 6.07) is 14.1. The Morgan fingerprint density at radius 1 is 1.21 bits per heavy atom. The zero-order valence-corrected chi connectivity index (χ0v) is 16.2. The normalized spacial score (nSPS) is 16.8. The Bertz CT molecular complexity index is 820. The van der Waals surface area contributed by atoms with Crippen LogP contribution in [0.3, 0.4) is 0 Å². The van der Waals surface area contributed by atoms with Gasteiger partial charge in [-0.15, -0.1) is 0 Å². The topological polar surface area (TPSA) is 88.8 Å². The molecule has 1 heterocycles. The van der Waals surface area contributed by atoms with Crippen molar-refractivity contribution in [3.05, 3.63) is 74.8 Å². The number of nitro benzene ring substituents is 1. The maximum absolute atomic E-state index is 10.8. The third-order valence-corrected chi connectivity index (χ3v) is 4.73. The maximum atomic E-state index is 10.8. The second-order valence-electron chi connectivity index (χ2n) is 6.68. The van der Waals surface area contributed by atoms with E-state index in [1.165, 1.54) is 12.1 Å². The molecule has 0 aromatic heterocycles. The van der Waals surface area contributed by atoms with Crippen molar-refractivity contribution < 1.29 is 9.66 Å². The molecule has 7 nitrogen and oxygen atoms in total. The molecule has 1 aliphatic rings. The van der Waals surface area contributed by atoms with Crippen LogP contribution in [0.5, 0.6) is 0 Å². The summed E-state index contributed by atoms with van der Waals surface area (Å²) in [6.45, 7) is 3.36. The molecule has 1 unspecified atom stereocenters. The monoisotopic (exact) mass is 402 g/mol. The molecular formula is C20H23ClN4O3. The van der Waals surface area contributed by atoms with Gasteiger partial charge in [0.1, 0.15) is 0 Å². The van der Waals surface area contributed by atoms with E-state index in [1.54, 1.807) is 12.1 Å². The summed E-state index contributed by atoms with van der Waals surface area (Å²) in [5, 5.41) is 18.1. The molecule has 2 N–H and O–H groups in total. The van der Waals surface area contributed by atoms with Crippen LogP contribution in [-0.4, -0.2) is 30.6 Å². The Balaban J connectivity index is 1.62. The van der Waals surface area contributed by atoms with Crippen LogP contribution in [0.2, 0.25) is 5.02 Å². The number of rotatable bonds is 7. The molecule has 0 radical (unpaired) electrons. The number of hydrogen-bond donors (Lipinski definition) is 2. The van der Waals surface area contributed by atoms with Gasteiger partial charge in [0.25, 0.3) is 5.69 Å². The maximum Gasteiger partial charge on any atom is 0.269 e. The molecule has 2 aromatic rings. The van der Waals surface area contributed by atoms with Gasteiger partial charge in [-0.05, 0) is 29.7 Å². The summed E-state index contributed by atoms with van der Waals surface area (Å²) >= 11 is 6.04. The summed E-state index contributed by atoms with van der Waals surface area (Å²) in [6.07, 6.45) is 1.04. The van der Waals surface area contributed by atoms with E-state index in [0.717, 1.165) is 37.3 Å². The molecule has 1 aliphatic heterocycles. The SMILES string of the molecule is O=[N+]([O-])c1ccc(CNC(=NCc2cccc(Cl)c2)NCC2CCOC2)cc1. The van der Waals surface area contributed by atoms with Crippen LogP contribution >= 0.6 is 11.6 Å². The fraction of sp³-hybridized carbons (Fsp3) is 0.350. The third kappa shape index (κ3) is 6.21. The van der Waals surface area contributed by atoms with E-state index in [4.69, 9.17) is 16.3 Å². The number of nitro groups is 1. The predicted octanol–water partition coefficient (Wildman–Crippen LogP) is 3.52. The Kier molecular flexibility index (Phi) is 7.22. The number of aliphatic imine (C=N–C) groups is 1. The lowest BCUT2D eigenvalue weighted by Crippen LogP contribution is -2.39. The number of nitrogens with one attached hydrogen (secondary N) is 2. The van der Waals surface area contributed by atoms with Gasteiger partial charge in [-0.2, -0.15) is 0 Å². The number of benzene rings is 2. The van der Waals surface area contributed by atoms with Crippen LogP contribution in [0.4, 0.5) is 5.69 Å². The van der Waals surface area contributed by atoms with Crippen LogP contribution in [-0.2, 0) is 17.8 Å². The summed E-state index contributed by atoms with van der Waals surface area (Å²) in [5.41, 5.74) is 2.04. The average molecular weight is 403 g/mol. The van der Waals surface area contributed by atoms with Gasteiger partial charge in [0, 0.05) is 42.8 Å².